The molecule has 4 nitrogen and oxygen atoms in total. The Balaban J connectivity index is 2.69. The number of nitrogens with two attached hydrogens (primary N) is 1. The normalized spacial score (nSPS) is 11.2. The van der Waals surface area contributed by atoms with Crippen molar-refractivity contribution in [2.24, 2.45) is 11.1 Å². The van der Waals surface area contributed by atoms with E-state index in [1.165, 1.54) is 0 Å². The van der Waals surface area contributed by atoms with Crippen molar-refractivity contribution in [2.45, 2.75) is 20.8 Å². The second-order valence-corrected chi connectivity index (χ2v) is 5.76. The van der Waals surface area contributed by atoms with Crippen LogP contribution in [-0.2, 0) is 0 Å². The maximum Gasteiger partial charge on any atom is 0.321 e. The van der Waals surface area contributed by atoms with Gasteiger partial charge in [0.2, 0.25) is 0 Å². The molecular weight excluding hydrogens is 262 g/mol. The van der Waals surface area contributed by atoms with E-state index in [1.807, 2.05) is 26.8 Å². The Hall–Kier alpha value is -1.26. The molecule has 0 atom stereocenters. The van der Waals surface area contributed by atoms with E-state index >= 15 is 0 Å². The van der Waals surface area contributed by atoms with E-state index in [1.54, 1.807) is 23.1 Å². The van der Waals surface area contributed by atoms with Crippen LogP contribution < -0.4 is 11.1 Å². The summed E-state index contributed by atoms with van der Waals surface area (Å²) in [7, 11) is 0. The van der Waals surface area contributed by atoms with Crippen LogP contribution in [-0.4, -0.2) is 30.6 Å². The van der Waals surface area contributed by atoms with Gasteiger partial charge in [-0.2, -0.15) is 0 Å². The first-order valence-corrected chi connectivity index (χ1v) is 6.77. The van der Waals surface area contributed by atoms with Gasteiger partial charge in [0.05, 0.1) is 0 Å². The molecule has 0 aliphatic carbocycles. The van der Waals surface area contributed by atoms with Crippen LogP contribution in [0.4, 0.5) is 10.5 Å². The highest BCUT2D eigenvalue weighted by molar-refractivity contribution is 6.30. The number of anilines is 1. The second kappa shape index (κ2) is 6.78. The second-order valence-electron chi connectivity index (χ2n) is 5.32. The number of nitrogens with one attached hydrogen (secondary N) is 1. The largest absolute Gasteiger partial charge is 0.330 e. The van der Waals surface area contributed by atoms with Gasteiger partial charge in [0.15, 0.2) is 0 Å². The lowest BCUT2D eigenvalue weighted by Crippen LogP contribution is -2.43. The summed E-state index contributed by atoms with van der Waals surface area (Å²) in [5.41, 5.74) is 6.31. The van der Waals surface area contributed by atoms with E-state index in [9.17, 15) is 4.79 Å². The maximum absolute atomic E-state index is 12.2. The summed E-state index contributed by atoms with van der Waals surface area (Å²) in [6.45, 7) is 7.82. The van der Waals surface area contributed by atoms with Crippen LogP contribution in [0.2, 0.25) is 5.02 Å². The van der Waals surface area contributed by atoms with E-state index in [4.69, 9.17) is 17.3 Å². The number of halogens is 1. The topological polar surface area (TPSA) is 58.4 Å². The van der Waals surface area contributed by atoms with Crippen molar-refractivity contribution in [1.29, 1.82) is 0 Å². The fourth-order valence-corrected chi connectivity index (χ4v) is 1.87. The minimum Gasteiger partial charge on any atom is -0.330 e. The monoisotopic (exact) mass is 283 g/mol. The fourth-order valence-electron chi connectivity index (χ4n) is 1.68. The molecule has 1 rings (SSSR count). The van der Waals surface area contributed by atoms with Gasteiger partial charge in [-0.3, -0.25) is 0 Å². The summed E-state index contributed by atoms with van der Waals surface area (Å²) >= 11 is 5.89. The number of carbonyl (C=O) groups excluding carboxylic acids is 1. The van der Waals surface area contributed by atoms with E-state index < -0.39 is 0 Å². The molecule has 19 heavy (non-hydrogen) atoms. The van der Waals surface area contributed by atoms with Crippen LogP contribution in [0.1, 0.15) is 20.8 Å². The number of hydrogen-bond acceptors (Lipinski definition) is 2. The Kier molecular flexibility index (Phi) is 5.63. The standard InChI is InChI=1S/C14H22ClN3O/c1-4-18(10-14(2,3)9-16)13(19)17-12-7-5-6-11(15)8-12/h5-8H,4,9-10,16H2,1-3H3,(H,17,19). The molecule has 0 aliphatic heterocycles. The molecule has 0 radical (unpaired) electrons. The van der Waals surface area contributed by atoms with Gasteiger partial charge in [-0.05, 0) is 37.1 Å². The first-order valence-electron chi connectivity index (χ1n) is 6.39. The number of benzene rings is 1. The molecule has 5 heteroatoms. The molecular formula is C14H22ClN3O. The molecule has 0 aromatic heterocycles. The Morgan fingerprint density at radius 2 is 2.16 bits per heavy atom. The lowest BCUT2D eigenvalue weighted by atomic mass is 9.93. The minimum atomic E-state index is -0.133. The first kappa shape index (κ1) is 15.8. The molecule has 0 saturated carbocycles. The zero-order chi connectivity index (χ0) is 14.5. The molecule has 1 aromatic carbocycles. The highest BCUT2D eigenvalue weighted by Crippen LogP contribution is 2.18. The molecule has 0 saturated heterocycles. The number of amides is 2. The Bertz CT molecular complexity index is 434. The lowest BCUT2D eigenvalue weighted by molar-refractivity contribution is 0.185. The van der Waals surface area contributed by atoms with Gasteiger partial charge in [0.1, 0.15) is 0 Å². The van der Waals surface area contributed by atoms with E-state index in [0.29, 0.717) is 30.3 Å². The lowest BCUT2D eigenvalue weighted by Gasteiger charge is -2.31. The van der Waals surface area contributed by atoms with Gasteiger partial charge >= 0.3 is 6.03 Å². The van der Waals surface area contributed by atoms with E-state index in [0.717, 1.165) is 0 Å². The molecule has 0 unspecified atom stereocenters. The molecule has 3 N–H and O–H groups in total. The van der Waals surface area contributed by atoms with Gasteiger partial charge in [0, 0.05) is 23.8 Å². The van der Waals surface area contributed by atoms with Crippen LogP contribution in [0, 0.1) is 5.41 Å². The highest BCUT2D eigenvalue weighted by Gasteiger charge is 2.22. The fraction of sp³-hybridized carbons (Fsp3) is 0.500. The number of rotatable bonds is 5. The van der Waals surface area contributed by atoms with Gasteiger partial charge in [-0.25, -0.2) is 4.79 Å². The molecule has 0 aliphatic rings. The molecule has 0 spiro atoms. The smallest absolute Gasteiger partial charge is 0.321 e. The maximum atomic E-state index is 12.2. The van der Waals surface area contributed by atoms with Gasteiger partial charge in [0.25, 0.3) is 0 Å². The van der Waals surface area contributed by atoms with Crippen LogP contribution in [0.25, 0.3) is 0 Å². The molecule has 2 amide bonds. The van der Waals surface area contributed by atoms with E-state index in [-0.39, 0.29) is 11.4 Å². The Morgan fingerprint density at radius 3 is 2.68 bits per heavy atom. The van der Waals surface area contributed by atoms with Crippen molar-refractivity contribution in [3.63, 3.8) is 0 Å². The molecule has 1 aromatic rings. The third-order valence-electron chi connectivity index (χ3n) is 2.92. The quantitative estimate of drug-likeness (QED) is 0.872. The number of urea groups is 1. The first-order chi connectivity index (χ1) is 8.88. The predicted molar refractivity (Wildman–Crippen MR) is 80.6 cm³/mol. The third-order valence-corrected chi connectivity index (χ3v) is 3.15. The van der Waals surface area contributed by atoms with Crippen LogP contribution in [0.3, 0.4) is 0 Å². The zero-order valence-corrected chi connectivity index (χ0v) is 12.5. The molecule has 0 bridgehead atoms. The van der Waals surface area contributed by atoms with Crippen molar-refractivity contribution >= 4 is 23.3 Å². The molecule has 0 fully saturated rings. The zero-order valence-electron chi connectivity index (χ0n) is 11.7. The van der Waals surface area contributed by atoms with Gasteiger partial charge < -0.3 is 16.0 Å². The molecule has 0 heterocycles. The summed E-state index contributed by atoms with van der Waals surface area (Å²) in [6, 6.07) is 6.98. The minimum absolute atomic E-state index is 0.0956. The SMILES string of the molecule is CCN(CC(C)(C)CN)C(=O)Nc1cccc(Cl)c1. The van der Waals surface area contributed by atoms with Crippen molar-refractivity contribution in [1.82, 2.24) is 4.90 Å². The van der Waals surface area contributed by atoms with Crippen LogP contribution in [0.5, 0.6) is 0 Å². The van der Waals surface area contributed by atoms with Crippen molar-refractivity contribution in [3.05, 3.63) is 29.3 Å². The Labute approximate surface area is 119 Å². The summed E-state index contributed by atoms with van der Waals surface area (Å²) in [5.74, 6) is 0. The van der Waals surface area contributed by atoms with E-state index in [2.05, 4.69) is 5.32 Å². The summed E-state index contributed by atoms with van der Waals surface area (Å²) in [5, 5.41) is 3.44. The number of nitrogens with zero attached hydrogens (tertiary/aromatic N) is 1. The third kappa shape index (κ3) is 5.09. The van der Waals surface area contributed by atoms with Gasteiger partial charge in [-0.1, -0.05) is 31.5 Å². The van der Waals surface area contributed by atoms with Crippen molar-refractivity contribution in [2.75, 3.05) is 25.0 Å². The summed E-state index contributed by atoms with van der Waals surface area (Å²) in [4.78, 5) is 13.9. The average molecular weight is 284 g/mol. The molecule has 106 valence electrons. The van der Waals surface area contributed by atoms with Crippen LogP contribution >= 0.6 is 11.6 Å². The Morgan fingerprint density at radius 1 is 1.47 bits per heavy atom. The summed E-state index contributed by atoms with van der Waals surface area (Å²) in [6.07, 6.45) is 0. The highest BCUT2D eigenvalue weighted by atomic mass is 35.5. The summed E-state index contributed by atoms with van der Waals surface area (Å²) < 4.78 is 0. The number of hydrogen-bond donors (Lipinski definition) is 2. The van der Waals surface area contributed by atoms with Crippen molar-refractivity contribution < 1.29 is 4.79 Å². The number of carbonyl (C=O) groups is 1. The average Bonchev–Trinajstić information content (AvgIpc) is 2.36. The predicted octanol–water partition coefficient (Wildman–Crippen LogP) is 3.18. The van der Waals surface area contributed by atoms with Gasteiger partial charge in [-0.15, -0.1) is 0 Å². The van der Waals surface area contributed by atoms with Crippen LogP contribution in [0.15, 0.2) is 24.3 Å². The van der Waals surface area contributed by atoms with Crippen molar-refractivity contribution in [3.8, 4) is 0 Å².